The Morgan fingerprint density at radius 3 is 1.05 bits per heavy atom. The molecule has 0 amide bonds. The van der Waals surface area contributed by atoms with Crippen molar-refractivity contribution >= 4 is 0 Å². The Balaban J connectivity index is 3.49. The molecule has 0 heterocycles. The van der Waals surface area contributed by atoms with Crippen molar-refractivity contribution in [2.45, 2.75) is 181 Å². The van der Waals surface area contributed by atoms with Crippen molar-refractivity contribution < 1.29 is 9.68 Å². The molecule has 0 radical (unpaired) electrons. The minimum absolute atomic E-state index is 0.776. The summed E-state index contributed by atoms with van der Waals surface area (Å²) in [5.41, 5.74) is 0. The van der Waals surface area contributed by atoms with Crippen LogP contribution in [0, 0.1) is 0 Å². The lowest BCUT2D eigenvalue weighted by atomic mass is 10.1. The van der Waals surface area contributed by atoms with E-state index in [0.29, 0.717) is 0 Å². The van der Waals surface area contributed by atoms with Gasteiger partial charge in [-0.25, -0.2) is 0 Å². The first-order chi connectivity index (χ1) is 20.8. The van der Waals surface area contributed by atoms with Crippen LogP contribution in [0.25, 0.3) is 0 Å². The summed E-state index contributed by atoms with van der Waals surface area (Å²) in [5.74, 6) is 0. The third kappa shape index (κ3) is 35.0. The van der Waals surface area contributed by atoms with Crippen molar-refractivity contribution in [2.24, 2.45) is 0 Å². The minimum Gasteiger partial charge on any atom is -0.274 e. The monoisotopic (exact) mass is 588 g/mol. The quantitative estimate of drug-likeness (QED) is 0.0424. The molecule has 0 N–H and O–H groups in total. The van der Waals surface area contributed by atoms with E-state index < -0.39 is 0 Å². The zero-order valence-corrected chi connectivity index (χ0v) is 28.7. The first-order valence-corrected chi connectivity index (χ1v) is 18.5. The predicted molar refractivity (Wildman–Crippen MR) is 188 cm³/mol. The van der Waals surface area contributed by atoms with Crippen LogP contribution in [-0.2, 0) is 9.68 Å². The summed E-state index contributed by atoms with van der Waals surface area (Å²) in [7, 11) is 0. The molecule has 0 aromatic heterocycles. The van der Waals surface area contributed by atoms with Crippen LogP contribution in [0.3, 0.4) is 0 Å². The van der Waals surface area contributed by atoms with E-state index in [0.717, 1.165) is 51.9 Å². The van der Waals surface area contributed by atoms with Crippen molar-refractivity contribution in [3.63, 3.8) is 0 Å². The Morgan fingerprint density at radius 1 is 0.357 bits per heavy atom. The van der Waals surface area contributed by atoms with Crippen molar-refractivity contribution in [3.8, 4) is 0 Å². The number of rotatable bonds is 34. The Morgan fingerprint density at radius 2 is 0.690 bits per heavy atom. The Hall–Kier alpha value is -1.16. The fourth-order valence-electron chi connectivity index (χ4n) is 4.86. The van der Waals surface area contributed by atoms with Gasteiger partial charge in [-0.2, -0.15) is 0 Å². The van der Waals surface area contributed by atoms with Gasteiger partial charge in [0.1, 0.15) is 0 Å². The largest absolute Gasteiger partial charge is 0.274 e. The second-order valence-corrected chi connectivity index (χ2v) is 11.9. The van der Waals surface area contributed by atoms with Crippen molar-refractivity contribution in [2.75, 3.05) is 19.8 Å². The van der Waals surface area contributed by atoms with Gasteiger partial charge in [-0.3, -0.25) is 9.68 Å². The van der Waals surface area contributed by atoms with E-state index in [1.165, 1.54) is 128 Å². The summed E-state index contributed by atoms with van der Waals surface area (Å²) in [6.07, 6.45) is 50.3. The van der Waals surface area contributed by atoms with E-state index in [1.807, 2.05) is 0 Å². The minimum atomic E-state index is 0.776. The molecule has 3 heteroatoms. The zero-order chi connectivity index (χ0) is 30.4. The molecule has 0 fully saturated rings. The first kappa shape index (κ1) is 40.8. The third-order valence-corrected chi connectivity index (χ3v) is 7.57. The van der Waals surface area contributed by atoms with Gasteiger partial charge < -0.3 is 0 Å². The van der Waals surface area contributed by atoms with Crippen LogP contribution >= 0.6 is 0 Å². The summed E-state index contributed by atoms with van der Waals surface area (Å²) < 4.78 is 0. The Labute approximate surface area is 264 Å². The molecule has 0 aromatic rings. The number of unbranched alkanes of at least 4 members (excludes halogenated alkanes) is 18. The highest BCUT2D eigenvalue weighted by molar-refractivity contribution is 4.93. The van der Waals surface area contributed by atoms with Crippen molar-refractivity contribution in [1.82, 2.24) is 5.23 Å². The zero-order valence-electron chi connectivity index (χ0n) is 28.7. The average Bonchev–Trinajstić information content (AvgIpc) is 3.00. The Kier molecular flexibility index (Phi) is 36.8. The molecule has 0 atom stereocenters. The molecule has 0 rings (SSSR count). The summed E-state index contributed by atoms with van der Waals surface area (Å²) in [6, 6.07) is 0. The maximum absolute atomic E-state index is 5.92. The fourth-order valence-corrected chi connectivity index (χ4v) is 4.86. The summed E-state index contributed by atoms with van der Waals surface area (Å²) in [4.78, 5) is 11.8. The molecule has 0 aliphatic carbocycles. The molecule has 0 aliphatic heterocycles. The SMILES string of the molecule is CCCCCC=CCC=CCCCCCCCCON(CCC)OCCCCCCCCC=CCC=CCCCCC. The molecule has 246 valence electrons. The van der Waals surface area contributed by atoms with Crippen LogP contribution in [0.5, 0.6) is 0 Å². The van der Waals surface area contributed by atoms with E-state index in [4.69, 9.17) is 9.68 Å². The summed E-state index contributed by atoms with van der Waals surface area (Å²) in [6.45, 7) is 9.11. The van der Waals surface area contributed by atoms with Crippen LogP contribution in [-0.4, -0.2) is 25.0 Å². The predicted octanol–water partition coefficient (Wildman–Crippen LogP) is 13.2. The molecule has 0 saturated heterocycles. The second kappa shape index (κ2) is 37.9. The van der Waals surface area contributed by atoms with E-state index >= 15 is 0 Å². The molecule has 0 saturated carbocycles. The standard InChI is InChI=1S/C39H73NO2/c1-4-7-9-11-13-15-17-19-21-23-25-27-29-31-33-35-38-41-40(37-6-3)42-39-36-34-32-30-28-26-24-22-20-18-16-14-12-10-8-5-2/h13-16,19-22H,4-12,17-18,23-39H2,1-3H3. The van der Waals surface area contributed by atoms with Crippen LogP contribution in [0.2, 0.25) is 0 Å². The maximum Gasteiger partial charge on any atom is 0.0711 e. The first-order valence-electron chi connectivity index (χ1n) is 18.5. The molecule has 42 heavy (non-hydrogen) atoms. The van der Waals surface area contributed by atoms with Gasteiger partial charge >= 0.3 is 0 Å². The molecule has 0 bridgehead atoms. The van der Waals surface area contributed by atoms with Crippen LogP contribution in [0.1, 0.15) is 181 Å². The highest BCUT2D eigenvalue weighted by Crippen LogP contribution is 2.11. The molecule has 0 spiro atoms. The molecule has 3 nitrogen and oxygen atoms in total. The van der Waals surface area contributed by atoms with Gasteiger partial charge in [0, 0.05) is 0 Å². The van der Waals surface area contributed by atoms with E-state index in [2.05, 4.69) is 69.4 Å². The number of allylic oxidation sites excluding steroid dienone is 8. The lowest BCUT2D eigenvalue weighted by Crippen LogP contribution is -2.26. The van der Waals surface area contributed by atoms with E-state index in [9.17, 15) is 0 Å². The van der Waals surface area contributed by atoms with Gasteiger partial charge in [0.25, 0.3) is 0 Å². The Bertz CT molecular complexity index is 560. The van der Waals surface area contributed by atoms with Crippen LogP contribution in [0.4, 0.5) is 0 Å². The number of hydrogen-bond acceptors (Lipinski definition) is 3. The molecular weight excluding hydrogens is 514 g/mol. The van der Waals surface area contributed by atoms with Gasteiger partial charge in [-0.05, 0) is 83.5 Å². The average molecular weight is 588 g/mol. The van der Waals surface area contributed by atoms with Gasteiger partial charge in [0.2, 0.25) is 0 Å². The summed E-state index contributed by atoms with van der Waals surface area (Å²) >= 11 is 0. The lowest BCUT2D eigenvalue weighted by Gasteiger charge is -2.20. The molecule has 0 unspecified atom stereocenters. The van der Waals surface area contributed by atoms with Gasteiger partial charge in [-0.1, -0.05) is 152 Å². The van der Waals surface area contributed by atoms with Gasteiger partial charge in [-0.15, -0.1) is 0 Å². The topological polar surface area (TPSA) is 21.7 Å². The number of hydroxylamine groups is 2. The maximum atomic E-state index is 5.92. The lowest BCUT2D eigenvalue weighted by molar-refractivity contribution is -0.368. The molecule has 0 aromatic carbocycles. The number of nitrogens with zero attached hydrogens (tertiary/aromatic N) is 1. The van der Waals surface area contributed by atoms with E-state index in [1.54, 1.807) is 5.23 Å². The van der Waals surface area contributed by atoms with Crippen LogP contribution in [0.15, 0.2) is 48.6 Å². The summed E-state index contributed by atoms with van der Waals surface area (Å²) in [5, 5.41) is 1.75. The van der Waals surface area contributed by atoms with Crippen LogP contribution < -0.4 is 0 Å². The van der Waals surface area contributed by atoms with E-state index in [-0.39, 0.29) is 0 Å². The van der Waals surface area contributed by atoms with Gasteiger partial charge in [0.15, 0.2) is 0 Å². The third-order valence-electron chi connectivity index (χ3n) is 7.57. The van der Waals surface area contributed by atoms with Crippen molar-refractivity contribution in [1.29, 1.82) is 0 Å². The molecule has 0 aliphatic rings. The normalized spacial score (nSPS) is 12.5. The fraction of sp³-hybridized carbons (Fsp3) is 0.795. The molecular formula is C39H73NO2. The van der Waals surface area contributed by atoms with Crippen molar-refractivity contribution in [3.05, 3.63) is 48.6 Å². The van der Waals surface area contributed by atoms with Gasteiger partial charge in [0.05, 0.1) is 19.8 Å². The highest BCUT2D eigenvalue weighted by atomic mass is 16.9. The highest BCUT2D eigenvalue weighted by Gasteiger charge is 2.05. The number of hydrogen-bond donors (Lipinski definition) is 0. The smallest absolute Gasteiger partial charge is 0.0711 e. The second-order valence-electron chi connectivity index (χ2n) is 11.9.